The number of rotatable bonds is 2. The predicted molar refractivity (Wildman–Crippen MR) is 93.0 cm³/mol. The van der Waals surface area contributed by atoms with Crippen LogP contribution in [0.3, 0.4) is 0 Å². The zero-order chi connectivity index (χ0) is 19.4. The van der Waals surface area contributed by atoms with Gasteiger partial charge in [0.05, 0.1) is 11.3 Å². The molecule has 0 atom stereocenters. The summed E-state index contributed by atoms with van der Waals surface area (Å²) < 4.78 is 0. The van der Waals surface area contributed by atoms with Crippen LogP contribution in [0.4, 0.5) is 5.69 Å². The summed E-state index contributed by atoms with van der Waals surface area (Å²) in [6.07, 6.45) is 0. The highest BCUT2D eigenvalue weighted by Crippen LogP contribution is 2.54. The third kappa shape index (κ3) is 2.54. The van der Waals surface area contributed by atoms with Crippen LogP contribution >= 0.6 is 0 Å². The van der Waals surface area contributed by atoms with Gasteiger partial charge in [-0.05, 0) is 45.4 Å². The van der Waals surface area contributed by atoms with E-state index in [-0.39, 0.29) is 5.56 Å². The van der Waals surface area contributed by atoms with Gasteiger partial charge >= 0.3 is 0 Å². The first-order valence-electron chi connectivity index (χ1n) is 7.94. The molecule has 2 aromatic rings. The molecule has 26 heavy (non-hydrogen) atoms. The molecule has 0 amide bonds. The molecule has 5 N–H and O–H groups in total. The van der Waals surface area contributed by atoms with Crippen LogP contribution in [0.25, 0.3) is 11.1 Å². The van der Waals surface area contributed by atoms with Gasteiger partial charge in [0, 0.05) is 0 Å². The molecule has 1 saturated heterocycles. The zero-order valence-corrected chi connectivity index (χ0v) is 14.8. The fourth-order valence-electron chi connectivity index (χ4n) is 2.47. The average Bonchev–Trinajstić information content (AvgIpc) is 2.80. The molecule has 0 radical (unpaired) electrons. The predicted octanol–water partition coefficient (Wildman–Crippen LogP) is 3.12. The van der Waals surface area contributed by atoms with Gasteiger partial charge < -0.3 is 25.5 Å². The van der Waals surface area contributed by atoms with Crippen molar-refractivity contribution in [1.29, 1.82) is 0 Å². The number of anilines is 1. The molecule has 140 valence electrons. The SMILES string of the molecule is CC1(C)ON(c2ccc(-c3c(O)c(O)c(O)c(O)c3O)cc2)OC1(C)C. The second-order valence-electron chi connectivity index (χ2n) is 7.13. The van der Waals surface area contributed by atoms with Crippen LogP contribution in [-0.4, -0.2) is 36.7 Å². The second kappa shape index (κ2) is 5.58. The van der Waals surface area contributed by atoms with E-state index in [4.69, 9.17) is 9.68 Å². The fourth-order valence-corrected chi connectivity index (χ4v) is 2.47. The fraction of sp³-hybridized carbons (Fsp3) is 0.333. The lowest BCUT2D eigenvalue weighted by atomic mass is 9.90. The van der Waals surface area contributed by atoms with Crippen molar-refractivity contribution < 1.29 is 35.2 Å². The van der Waals surface area contributed by atoms with Crippen molar-refractivity contribution in [3.05, 3.63) is 24.3 Å². The Labute approximate surface area is 150 Å². The van der Waals surface area contributed by atoms with Gasteiger partial charge in [-0.3, -0.25) is 0 Å². The van der Waals surface area contributed by atoms with Gasteiger partial charge in [-0.2, -0.15) is 0 Å². The molecule has 0 bridgehead atoms. The van der Waals surface area contributed by atoms with E-state index in [1.807, 2.05) is 27.7 Å². The summed E-state index contributed by atoms with van der Waals surface area (Å²) in [5.74, 6) is -4.34. The Morgan fingerprint density at radius 2 is 1.04 bits per heavy atom. The van der Waals surface area contributed by atoms with Crippen molar-refractivity contribution in [1.82, 2.24) is 0 Å². The molecule has 0 saturated carbocycles. The van der Waals surface area contributed by atoms with E-state index in [9.17, 15) is 25.5 Å². The van der Waals surface area contributed by atoms with E-state index in [0.717, 1.165) is 0 Å². The van der Waals surface area contributed by atoms with Crippen molar-refractivity contribution >= 4 is 5.69 Å². The molecule has 1 heterocycles. The Morgan fingerprint density at radius 3 is 1.46 bits per heavy atom. The van der Waals surface area contributed by atoms with Crippen molar-refractivity contribution in [3.8, 4) is 39.9 Å². The monoisotopic (exact) mass is 363 g/mol. The summed E-state index contributed by atoms with van der Waals surface area (Å²) in [6, 6.07) is 6.30. The Bertz CT molecular complexity index is 814. The maximum absolute atomic E-state index is 10.0. The van der Waals surface area contributed by atoms with Crippen molar-refractivity contribution in [2.75, 3.05) is 5.23 Å². The number of phenols is 5. The van der Waals surface area contributed by atoms with Crippen LogP contribution in [0.2, 0.25) is 0 Å². The number of benzene rings is 2. The maximum Gasteiger partial charge on any atom is 0.208 e. The molecule has 3 rings (SSSR count). The quantitative estimate of drug-likeness (QED) is 0.407. The van der Waals surface area contributed by atoms with Gasteiger partial charge in [0.1, 0.15) is 11.2 Å². The number of nitrogens with zero attached hydrogens (tertiary/aromatic N) is 1. The molecule has 0 aromatic heterocycles. The molecule has 0 unspecified atom stereocenters. The first-order valence-corrected chi connectivity index (χ1v) is 7.94. The zero-order valence-electron chi connectivity index (χ0n) is 14.8. The van der Waals surface area contributed by atoms with Gasteiger partial charge in [-0.25, -0.2) is 9.68 Å². The van der Waals surface area contributed by atoms with Crippen LogP contribution in [0, 0.1) is 0 Å². The minimum absolute atomic E-state index is 0.215. The Kier molecular flexibility index (Phi) is 3.86. The van der Waals surface area contributed by atoms with Crippen molar-refractivity contribution in [3.63, 3.8) is 0 Å². The summed E-state index contributed by atoms with van der Waals surface area (Å²) in [6.45, 7) is 7.61. The first kappa shape index (κ1) is 18.0. The van der Waals surface area contributed by atoms with E-state index in [1.54, 1.807) is 12.1 Å². The van der Waals surface area contributed by atoms with E-state index >= 15 is 0 Å². The lowest BCUT2D eigenvalue weighted by Crippen LogP contribution is -2.41. The lowest BCUT2D eigenvalue weighted by molar-refractivity contribution is -0.0272. The molecular weight excluding hydrogens is 342 g/mol. The number of hydrogen-bond acceptors (Lipinski definition) is 8. The summed E-state index contributed by atoms with van der Waals surface area (Å²) in [5, 5.41) is 50.1. The highest BCUT2D eigenvalue weighted by Gasteiger charge is 2.50. The van der Waals surface area contributed by atoms with E-state index in [0.29, 0.717) is 11.3 Å². The molecule has 0 spiro atoms. The van der Waals surface area contributed by atoms with E-state index in [2.05, 4.69) is 0 Å². The van der Waals surface area contributed by atoms with Crippen LogP contribution in [-0.2, 0) is 9.68 Å². The highest BCUT2D eigenvalue weighted by atomic mass is 17.0. The molecule has 1 fully saturated rings. The van der Waals surface area contributed by atoms with Crippen molar-refractivity contribution in [2.45, 2.75) is 38.9 Å². The van der Waals surface area contributed by atoms with Gasteiger partial charge in [0.2, 0.25) is 17.2 Å². The molecule has 8 heteroatoms. The molecule has 2 aromatic carbocycles. The standard InChI is InChI=1S/C18H21NO7/c1-17(2)18(3,4)26-19(25-17)10-7-5-9(6-8-10)11-12(20)14(22)16(24)15(23)13(11)21/h5-8,20-24H,1-4H3. The lowest BCUT2D eigenvalue weighted by Gasteiger charge is -2.26. The van der Waals surface area contributed by atoms with Crippen LogP contribution in [0.5, 0.6) is 28.7 Å². The third-order valence-electron chi connectivity index (χ3n) is 4.81. The number of aromatic hydroxyl groups is 5. The van der Waals surface area contributed by atoms with Crippen molar-refractivity contribution in [2.24, 2.45) is 0 Å². The van der Waals surface area contributed by atoms with Gasteiger partial charge in [-0.1, -0.05) is 12.1 Å². The minimum Gasteiger partial charge on any atom is -0.504 e. The molecule has 8 nitrogen and oxygen atoms in total. The highest BCUT2D eigenvalue weighted by molar-refractivity contribution is 5.85. The number of hydrogen-bond donors (Lipinski definition) is 5. The number of phenolic OH excluding ortho intramolecular Hbond substituents is 5. The minimum atomic E-state index is -0.997. The average molecular weight is 363 g/mol. The van der Waals surface area contributed by atoms with E-state index in [1.165, 1.54) is 17.4 Å². The Balaban J connectivity index is 1.98. The van der Waals surface area contributed by atoms with Gasteiger partial charge in [0.15, 0.2) is 11.5 Å². The second-order valence-corrected chi connectivity index (χ2v) is 7.13. The van der Waals surface area contributed by atoms with E-state index < -0.39 is 39.9 Å². The third-order valence-corrected chi connectivity index (χ3v) is 4.81. The van der Waals surface area contributed by atoms with Crippen LogP contribution < -0.4 is 5.23 Å². The summed E-state index contributed by atoms with van der Waals surface area (Å²) in [4.78, 5) is 11.6. The first-order chi connectivity index (χ1) is 12.0. The Hall–Kier alpha value is -2.84. The normalized spacial score (nSPS) is 18.2. The summed E-state index contributed by atoms with van der Waals surface area (Å²) >= 11 is 0. The summed E-state index contributed by atoms with van der Waals surface area (Å²) in [5.41, 5.74) is -0.466. The summed E-state index contributed by atoms with van der Waals surface area (Å²) in [7, 11) is 0. The largest absolute Gasteiger partial charge is 0.504 e. The topological polar surface area (TPSA) is 123 Å². The Morgan fingerprint density at radius 1 is 0.654 bits per heavy atom. The molecule has 0 aliphatic carbocycles. The van der Waals surface area contributed by atoms with Gasteiger partial charge in [0.25, 0.3) is 0 Å². The van der Waals surface area contributed by atoms with Crippen LogP contribution in [0.15, 0.2) is 24.3 Å². The van der Waals surface area contributed by atoms with Gasteiger partial charge in [-0.15, -0.1) is 5.23 Å². The molecular formula is C18H21NO7. The molecule has 1 aliphatic rings. The van der Waals surface area contributed by atoms with Crippen LogP contribution in [0.1, 0.15) is 27.7 Å². The molecule has 1 aliphatic heterocycles. The maximum atomic E-state index is 10.0. The smallest absolute Gasteiger partial charge is 0.208 e.